The summed E-state index contributed by atoms with van der Waals surface area (Å²) in [6.45, 7) is 1.20. The van der Waals surface area contributed by atoms with E-state index in [1.165, 1.54) is 12.1 Å². The second kappa shape index (κ2) is 4.49. The predicted molar refractivity (Wildman–Crippen MR) is 66.3 cm³/mol. The van der Waals surface area contributed by atoms with Crippen LogP contribution in [0.4, 0.5) is 5.88 Å². The van der Waals surface area contributed by atoms with Gasteiger partial charge in [-0.1, -0.05) is 18.2 Å². The molecule has 1 atom stereocenters. The van der Waals surface area contributed by atoms with Gasteiger partial charge in [-0.25, -0.2) is 0 Å². The monoisotopic (exact) mass is 260 g/mol. The highest BCUT2D eigenvalue weighted by Gasteiger charge is 2.20. The van der Waals surface area contributed by atoms with Gasteiger partial charge in [-0.15, -0.1) is 0 Å². The summed E-state index contributed by atoms with van der Waals surface area (Å²) in [5, 5.41) is 10.6. The molecule has 0 saturated carbocycles. The molecule has 2 aromatic rings. The number of nitro groups is 1. The number of hydrogen-bond acceptors (Lipinski definition) is 5. The Morgan fingerprint density at radius 3 is 2.74 bits per heavy atom. The number of hydrogen-bond donors (Lipinski definition) is 1. The third kappa shape index (κ3) is 2.11. The lowest BCUT2D eigenvalue weighted by atomic mass is 10.0. The van der Waals surface area contributed by atoms with Gasteiger partial charge in [0.2, 0.25) is 0 Å². The van der Waals surface area contributed by atoms with Crippen molar-refractivity contribution in [1.29, 1.82) is 0 Å². The highest BCUT2D eigenvalue weighted by Crippen LogP contribution is 2.28. The van der Waals surface area contributed by atoms with E-state index in [9.17, 15) is 10.1 Å². The van der Waals surface area contributed by atoms with Gasteiger partial charge in [0, 0.05) is 0 Å². The quantitative estimate of drug-likeness (QED) is 0.675. The third-order valence-electron chi connectivity index (χ3n) is 3.20. The van der Waals surface area contributed by atoms with Crippen molar-refractivity contribution in [2.75, 3.05) is 0 Å². The van der Waals surface area contributed by atoms with E-state index in [-0.39, 0.29) is 5.88 Å². The third-order valence-corrected chi connectivity index (χ3v) is 3.20. The first kappa shape index (κ1) is 11.9. The Morgan fingerprint density at radius 2 is 2.00 bits per heavy atom. The number of ether oxygens (including phenoxy) is 1. The fourth-order valence-electron chi connectivity index (χ4n) is 2.16. The molecule has 3 rings (SSSR count). The number of nitrogens with two attached hydrogens (primary N) is 1. The lowest BCUT2D eigenvalue weighted by Crippen LogP contribution is -2.11. The Morgan fingerprint density at radius 1 is 1.21 bits per heavy atom. The van der Waals surface area contributed by atoms with Crippen molar-refractivity contribution in [1.82, 2.24) is 0 Å². The Hall–Kier alpha value is -2.18. The number of nitrogens with zero attached hydrogens (tertiary/aromatic N) is 1. The van der Waals surface area contributed by atoms with Gasteiger partial charge >= 0.3 is 5.88 Å². The highest BCUT2D eigenvalue weighted by molar-refractivity contribution is 5.37. The van der Waals surface area contributed by atoms with E-state index < -0.39 is 11.0 Å². The van der Waals surface area contributed by atoms with Gasteiger partial charge in [0.15, 0.2) is 0 Å². The summed E-state index contributed by atoms with van der Waals surface area (Å²) in [5.74, 6) is 0.0838. The topological polar surface area (TPSA) is 91.5 Å². The van der Waals surface area contributed by atoms with Gasteiger partial charge < -0.3 is 14.9 Å². The lowest BCUT2D eigenvalue weighted by Gasteiger charge is -2.10. The number of benzene rings is 1. The van der Waals surface area contributed by atoms with Crippen molar-refractivity contribution in [2.24, 2.45) is 5.73 Å². The van der Waals surface area contributed by atoms with Crippen molar-refractivity contribution in [3.05, 3.63) is 62.9 Å². The summed E-state index contributed by atoms with van der Waals surface area (Å²) in [6.07, 6.45) is 0. The van der Waals surface area contributed by atoms with Crippen molar-refractivity contribution in [3.8, 4) is 0 Å². The minimum absolute atomic E-state index is 0.296. The van der Waals surface area contributed by atoms with Crippen LogP contribution in [0.1, 0.15) is 28.5 Å². The second-order valence-corrected chi connectivity index (χ2v) is 4.43. The summed E-state index contributed by atoms with van der Waals surface area (Å²) in [7, 11) is 0. The Kier molecular flexibility index (Phi) is 2.81. The standard InChI is InChI=1S/C13H12N2O4/c14-13(11-3-4-12(19-11)15(16)17)8-1-2-9-6-18-7-10(9)5-8/h1-5,13H,6-7,14H2. The molecule has 1 aliphatic rings. The normalized spacial score (nSPS) is 15.2. The van der Waals surface area contributed by atoms with Crippen LogP contribution in [-0.2, 0) is 18.0 Å². The zero-order valence-corrected chi connectivity index (χ0v) is 10.0. The van der Waals surface area contributed by atoms with E-state index in [0.717, 1.165) is 16.7 Å². The van der Waals surface area contributed by atoms with E-state index in [4.69, 9.17) is 14.9 Å². The number of fused-ring (bicyclic) bond motifs is 1. The first-order valence-electron chi connectivity index (χ1n) is 5.84. The average Bonchev–Trinajstić information content (AvgIpc) is 3.06. The first-order chi connectivity index (χ1) is 9.15. The minimum Gasteiger partial charge on any atom is -0.404 e. The lowest BCUT2D eigenvalue weighted by molar-refractivity contribution is -0.402. The van der Waals surface area contributed by atoms with Crippen LogP contribution < -0.4 is 5.73 Å². The van der Waals surface area contributed by atoms with E-state index >= 15 is 0 Å². The molecule has 98 valence electrons. The van der Waals surface area contributed by atoms with Gasteiger partial charge in [-0.3, -0.25) is 10.1 Å². The zero-order valence-electron chi connectivity index (χ0n) is 10.0. The summed E-state index contributed by atoms with van der Waals surface area (Å²) in [4.78, 5) is 10.0. The number of rotatable bonds is 3. The van der Waals surface area contributed by atoms with Crippen LogP contribution in [0.3, 0.4) is 0 Å². The zero-order chi connectivity index (χ0) is 13.4. The molecule has 2 heterocycles. The molecule has 6 heteroatoms. The molecule has 0 bridgehead atoms. The molecule has 0 fully saturated rings. The molecule has 0 aliphatic carbocycles. The maximum Gasteiger partial charge on any atom is 0.433 e. The smallest absolute Gasteiger partial charge is 0.404 e. The maximum atomic E-state index is 10.6. The largest absolute Gasteiger partial charge is 0.433 e. The fraction of sp³-hybridized carbons (Fsp3) is 0.231. The summed E-state index contributed by atoms with van der Waals surface area (Å²) in [6, 6.07) is 8.15. The van der Waals surface area contributed by atoms with E-state index in [1.54, 1.807) is 0 Å². The SMILES string of the molecule is NC(c1ccc2c(c1)COC2)c1ccc([N+](=O)[O-])o1. The van der Waals surface area contributed by atoms with Crippen molar-refractivity contribution in [3.63, 3.8) is 0 Å². The molecule has 1 aliphatic heterocycles. The van der Waals surface area contributed by atoms with Crippen LogP contribution in [-0.4, -0.2) is 4.92 Å². The van der Waals surface area contributed by atoms with Crippen molar-refractivity contribution >= 4 is 5.88 Å². The molecule has 0 amide bonds. The minimum atomic E-state index is -0.577. The Balaban J connectivity index is 1.90. The number of furan rings is 1. The van der Waals surface area contributed by atoms with Crippen molar-refractivity contribution < 1.29 is 14.1 Å². The van der Waals surface area contributed by atoms with Crippen LogP contribution in [0.25, 0.3) is 0 Å². The first-order valence-corrected chi connectivity index (χ1v) is 5.84. The molecule has 19 heavy (non-hydrogen) atoms. The van der Waals surface area contributed by atoms with Gasteiger partial charge in [0.25, 0.3) is 0 Å². The second-order valence-electron chi connectivity index (χ2n) is 4.43. The molecule has 1 aromatic carbocycles. The van der Waals surface area contributed by atoms with Crippen LogP contribution in [0.5, 0.6) is 0 Å². The molecule has 6 nitrogen and oxygen atoms in total. The maximum absolute atomic E-state index is 10.6. The molecule has 0 saturated heterocycles. The van der Waals surface area contributed by atoms with Gasteiger partial charge in [-0.2, -0.15) is 0 Å². The summed E-state index contributed by atoms with van der Waals surface area (Å²) >= 11 is 0. The Labute approximate surface area is 108 Å². The molecular weight excluding hydrogens is 248 g/mol. The molecule has 0 spiro atoms. The van der Waals surface area contributed by atoms with Crippen molar-refractivity contribution in [2.45, 2.75) is 19.3 Å². The Bertz CT molecular complexity index is 635. The summed E-state index contributed by atoms with van der Waals surface area (Å²) < 4.78 is 10.5. The summed E-state index contributed by atoms with van der Waals surface area (Å²) in [5.41, 5.74) is 9.18. The molecule has 1 unspecified atom stereocenters. The van der Waals surface area contributed by atoms with Gasteiger partial charge in [-0.05, 0) is 22.8 Å². The average molecular weight is 260 g/mol. The van der Waals surface area contributed by atoms with E-state index in [1.807, 2.05) is 18.2 Å². The molecule has 1 aromatic heterocycles. The van der Waals surface area contributed by atoms with Crippen LogP contribution in [0.2, 0.25) is 0 Å². The highest BCUT2D eigenvalue weighted by atomic mass is 16.6. The molecule has 2 N–H and O–H groups in total. The fourth-order valence-corrected chi connectivity index (χ4v) is 2.16. The van der Waals surface area contributed by atoms with Crippen LogP contribution >= 0.6 is 0 Å². The van der Waals surface area contributed by atoms with E-state index in [0.29, 0.717) is 19.0 Å². The van der Waals surface area contributed by atoms with Crippen LogP contribution in [0, 0.1) is 10.1 Å². The van der Waals surface area contributed by atoms with Crippen LogP contribution in [0.15, 0.2) is 34.7 Å². The van der Waals surface area contributed by atoms with Gasteiger partial charge in [0.1, 0.15) is 10.7 Å². The van der Waals surface area contributed by atoms with Gasteiger partial charge in [0.05, 0.1) is 25.3 Å². The predicted octanol–water partition coefficient (Wildman–Crippen LogP) is 2.27. The molecule has 0 radical (unpaired) electrons. The van der Waals surface area contributed by atoms with E-state index in [2.05, 4.69) is 0 Å². The molecular formula is C13H12N2O4.